The van der Waals surface area contributed by atoms with E-state index < -0.39 is 5.92 Å². The fourth-order valence-electron chi connectivity index (χ4n) is 3.66. The van der Waals surface area contributed by atoms with E-state index in [0.717, 1.165) is 48.5 Å². The number of carbonyl (C=O) groups is 1. The van der Waals surface area contributed by atoms with Gasteiger partial charge in [0, 0.05) is 49.9 Å². The predicted octanol–water partition coefficient (Wildman–Crippen LogP) is 2.31. The lowest BCUT2D eigenvalue weighted by Crippen LogP contribution is -2.45. The first-order valence-electron chi connectivity index (χ1n) is 10.1. The van der Waals surface area contributed by atoms with Crippen molar-refractivity contribution in [1.29, 1.82) is 5.26 Å². The quantitative estimate of drug-likeness (QED) is 0.707. The van der Waals surface area contributed by atoms with Crippen LogP contribution in [-0.4, -0.2) is 54.0 Å². The molecule has 0 unspecified atom stereocenters. The first kappa shape index (κ1) is 19.8. The monoisotopic (exact) mass is 400 g/mol. The van der Waals surface area contributed by atoms with Gasteiger partial charge in [0.25, 0.3) is 0 Å². The molecule has 1 amide bonds. The first-order chi connectivity index (χ1) is 14.7. The Morgan fingerprint density at radius 1 is 1.13 bits per heavy atom. The van der Waals surface area contributed by atoms with Gasteiger partial charge in [0.15, 0.2) is 5.92 Å². The Bertz CT molecular complexity index is 1080. The molecule has 1 aliphatic heterocycles. The molecule has 7 nitrogen and oxygen atoms in total. The van der Waals surface area contributed by atoms with Gasteiger partial charge < -0.3 is 15.1 Å². The highest BCUT2D eigenvalue weighted by Gasteiger charge is 2.23. The molecule has 0 aliphatic carbocycles. The molecule has 1 fully saturated rings. The molecule has 1 N–H and O–H groups in total. The van der Waals surface area contributed by atoms with Crippen LogP contribution in [0.15, 0.2) is 54.7 Å². The summed E-state index contributed by atoms with van der Waals surface area (Å²) in [7, 11) is 2.11. The number of piperazine rings is 1. The van der Waals surface area contributed by atoms with Crippen molar-refractivity contribution in [1.82, 2.24) is 20.2 Å². The van der Waals surface area contributed by atoms with Crippen molar-refractivity contribution in [2.45, 2.75) is 12.5 Å². The Labute approximate surface area is 176 Å². The molecule has 3 aromatic rings. The van der Waals surface area contributed by atoms with Gasteiger partial charge in [0.1, 0.15) is 5.82 Å². The van der Waals surface area contributed by atoms with Gasteiger partial charge in [-0.05, 0) is 25.2 Å². The summed E-state index contributed by atoms with van der Waals surface area (Å²) in [5.41, 5.74) is 2.17. The van der Waals surface area contributed by atoms with Crippen LogP contribution in [0.3, 0.4) is 0 Å². The summed E-state index contributed by atoms with van der Waals surface area (Å²) < 4.78 is 0. The zero-order valence-electron chi connectivity index (χ0n) is 17.0. The number of rotatable bonds is 5. The van der Waals surface area contributed by atoms with Crippen LogP contribution in [0, 0.1) is 11.3 Å². The molecular weight excluding hydrogens is 376 g/mol. The molecule has 1 aromatic carbocycles. The number of pyridine rings is 2. The van der Waals surface area contributed by atoms with Gasteiger partial charge in [-0.3, -0.25) is 9.78 Å². The summed E-state index contributed by atoms with van der Waals surface area (Å²) in [5.74, 6) is -0.421. The number of fused-ring (bicyclic) bond motifs is 1. The van der Waals surface area contributed by atoms with E-state index in [0.29, 0.717) is 12.2 Å². The summed E-state index contributed by atoms with van der Waals surface area (Å²) in [6.07, 6.45) is 1.77. The minimum Gasteiger partial charge on any atom is -0.354 e. The van der Waals surface area contributed by atoms with Crippen LogP contribution in [0.2, 0.25) is 0 Å². The summed E-state index contributed by atoms with van der Waals surface area (Å²) in [4.78, 5) is 26.4. The van der Waals surface area contributed by atoms with Gasteiger partial charge in [-0.15, -0.1) is 0 Å². The largest absolute Gasteiger partial charge is 0.354 e. The smallest absolute Gasteiger partial charge is 0.243 e. The number of carbonyl (C=O) groups excluding carboxylic acids is 1. The Morgan fingerprint density at radius 3 is 2.73 bits per heavy atom. The third-order valence-corrected chi connectivity index (χ3v) is 5.43. The highest BCUT2D eigenvalue weighted by molar-refractivity contribution is 5.87. The Balaban J connectivity index is 1.48. The van der Waals surface area contributed by atoms with Gasteiger partial charge in [-0.2, -0.15) is 5.26 Å². The second-order valence-electron chi connectivity index (χ2n) is 7.49. The van der Waals surface area contributed by atoms with E-state index in [1.165, 1.54) is 0 Å². The molecule has 2 aromatic heterocycles. The maximum atomic E-state index is 12.8. The fourth-order valence-corrected chi connectivity index (χ4v) is 3.66. The Kier molecular flexibility index (Phi) is 5.87. The number of nitriles is 1. The van der Waals surface area contributed by atoms with Crippen molar-refractivity contribution in [2.75, 3.05) is 38.1 Å². The molecular formula is C23H24N6O. The number of nitrogens with zero attached hydrogens (tertiary/aromatic N) is 5. The van der Waals surface area contributed by atoms with E-state index in [1.807, 2.05) is 42.5 Å². The molecule has 1 atom stereocenters. The molecule has 0 bridgehead atoms. The lowest BCUT2D eigenvalue weighted by molar-refractivity contribution is -0.121. The molecule has 4 rings (SSSR count). The number of nitrogens with one attached hydrogen (secondary N) is 1. The zero-order chi connectivity index (χ0) is 20.9. The molecule has 7 heteroatoms. The number of likely N-dealkylation sites (N-methyl/N-ethyl adjacent to an activating group) is 1. The minimum atomic E-state index is -0.960. The molecule has 1 saturated heterocycles. The van der Waals surface area contributed by atoms with Crippen molar-refractivity contribution in [3.8, 4) is 6.07 Å². The maximum Gasteiger partial charge on any atom is 0.243 e. The summed E-state index contributed by atoms with van der Waals surface area (Å²) in [5, 5.41) is 13.5. The average molecular weight is 400 g/mol. The topological polar surface area (TPSA) is 85.1 Å². The van der Waals surface area contributed by atoms with Crippen molar-refractivity contribution >= 4 is 22.6 Å². The SMILES string of the molecule is CN1CCN(c2ncccc2CNC(=O)[C@@H](C#N)c2ccc3ccccc3n2)CC1. The normalized spacial score (nSPS) is 15.5. The van der Waals surface area contributed by atoms with E-state index in [2.05, 4.69) is 38.2 Å². The lowest BCUT2D eigenvalue weighted by Gasteiger charge is -2.34. The van der Waals surface area contributed by atoms with E-state index >= 15 is 0 Å². The Morgan fingerprint density at radius 2 is 1.93 bits per heavy atom. The third kappa shape index (κ3) is 4.24. The van der Waals surface area contributed by atoms with Gasteiger partial charge in [0.05, 0.1) is 17.3 Å². The molecule has 0 radical (unpaired) electrons. The molecule has 3 heterocycles. The predicted molar refractivity (Wildman–Crippen MR) is 116 cm³/mol. The van der Waals surface area contributed by atoms with Crippen LogP contribution in [0.25, 0.3) is 10.9 Å². The second-order valence-corrected chi connectivity index (χ2v) is 7.49. The summed E-state index contributed by atoms with van der Waals surface area (Å²) >= 11 is 0. The number of para-hydroxylation sites is 1. The number of benzene rings is 1. The highest BCUT2D eigenvalue weighted by atomic mass is 16.1. The van der Waals surface area contributed by atoms with E-state index in [9.17, 15) is 10.1 Å². The first-order valence-corrected chi connectivity index (χ1v) is 10.1. The molecule has 30 heavy (non-hydrogen) atoms. The van der Waals surface area contributed by atoms with E-state index in [4.69, 9.17) is 0 Å². The highest BCUT2D eigenvalue weighted by Crippen LogP contribution is 2.21. The molecule has 1 aliphatic rings. The van der Waals surface area contributed by atoms with Crippen LogP contribution < -0.4 is 10.2 Å². The van der Waals surface area contributed by atoms with Crippen LogP contribution >= 0.6 is 0 Å². The minimum absolute atomic E-state index is 0.320. The molecule has 0 spiro atoms. The second kappa shape index (κ2) is 8.89. The van der Waals surface area contributed by atoms with Crippen molar-refractivity contribution in [3.63, 3.8) is 0 Å². The van der Waals surface area contributed by atoms with E-state index in [-0.39, 0.29) is 5.91 Å². The van der Waals surface area contributed by atoms with Crippen LogP contribution in [0.1, 0.15) is 17.2 Å². The van der Waals surface area contributed by atoms with Crippen LogP contribution in [0.4, 0.5) is 5.82 Å². The zero-order valence-corrected chi connectivity index (χ0v) is 17.0. The van der Waals surface area contributed by atoms with Gasteiger partial charge in [0.2, 0.25) is 5.91 Å². The maximum absolute atomic E-state index is 12.8. The third-order valence-electron chi connectivity index (χ3n) is 5.43. The van der Waals surface area contributed by atoms with E-state index in [1.54, 1.807) is 12.3 Å². The summed E-state index contributed by atoms with van der Waals surface area (Å²) in [6.45, 7) is 4.08. The number of hydrogen-bond donors (Lipinski definition) is 1. The van der Waals surface area contributed by atoms with Crippen molar-refractivity contribution in [3.05, 3.63) is 66.0 Å². The van der Waals surface area contributed by atoms with Gasteiger partial charge in [-0.1, -0.05) is 30.3 Å². The van der Waals surface area contributed by atoms with Crippen molar-refractivity contribution < 1.29 is 4.79 Å². The lowest BCUT2D eigenvalue weighted by atomic mass is 10.0. The van der Waals surface area contributed by atoms with Crippen molar-refractivity contribution in [2.24, 2.45) is 0 Å². The number of hydrogen-bond acceptors (Lipinski definition) is 6. The molecule has 152 valence electrons. The molecule has 0 saturated carbocycles. The number of anilines is 1. The Hall–Kier alpha value is -3.50. The van der Waals surface area contributed by atoms with Crippen LogP contribution in [-0.2, 0) is 11.3 Å². The van der Waals surface area contributed by atoms with Gasteiger partial charge >= 0.3 is 0 Å². The average Bonchev–Trinajstić information content (AvgIpc) is 2.79. The number of aromatic nitrogens is 2. The number of amides is 1. The summed E-state index contributed by atoms with van der Waals surface area (Å²) in [6, 6.07) is 17.2. The fraction of sp³-hybridized carbons (Fsp3) is 0.304. The standard InChI is InChI=1S/C23H24N6O/c1-28-11-13-29(14-12-28)22-18(6-4-10-25-22)16-26-23(30)19(15-24)21-9-8-17-5-2-3-7-20(17)27-21/h2-10,19H,11-14,16H2,1H3,(H,26,30)/t19-/m0/s1. The van der Waals surface area contributed by atoms with Crippen LogP contribution in [0.5, 0.6) is 0 Å². The van der Waals surface area contributed by atoms with Gasteiger partial charge in [-0.25, -0.2) is 4.98 Å².